The Hall–Kier alpha value is -0.300. The fourth-order valence-electron chi connectivity index (χ4n) is 11.2. The SMILES string of the molecule is C=C(CCC(C)C)[C@@H](C)[C@H]1CC[C@@]2(C)[C@@H]3CC[C@H]4C(C)(C)[C@@H](O)CC[C@@]45C[C@@]35CC[C@]12C. The largest absolute Gasteiger partial charge is 0.393 e. The average Bonchev–Trinajstić information content (AvgIpc) is 3.31. The highest BCUT2D eigenvalue weighted by atomic mass is 16.3. The lowest BCUT2D eigenvalue weighted by Crippen LogP contribution is -2.57. The van der Waals surface area contributed by atoms with Gasteiger partial charge in [0.15, 0.2) is 0 Å². The number of rotatable bonds is 5. The molecule has 0 saturated heterocycles. The van der Waals surface area contributed by atoms with E-state index in [1.807, 2.05) is 0 Å². The van der Waals surface area contributed by atoms with Gasteiger partial charge in [0.25, 0.3) is 0 Å². The van der Waals surface area contributed by atoms with Gasteiger partial charge in [0, 0.05) is 0 Å². The molecule has 2 spiro atoms. The van der Waals surface area contributed by atoms with Crippen LogP contribution >= 0.6 is 0 Å². The van der Waals surface area contributed by atoms with Crippen LogP contribution in [0.3, 0.4) is 0 Å². The molecule has 0 aromatic carbocycles. The molecule has 182 valence electrons. The number of hydrogen-bond donors (Lipinski definition) is 1. The third-order valence-corrected chi connectivity index (χ3v) is 13.4. The van der Waals surface area contributed by atoms with Gasteiger partial charge in [0.05, 0.1) is 6.10 Å². The van der Waals surface area contributed by atoms with Crippen molar-refractivity contribution < 1.29 is 5.11 Å². The molecule has 1 nitrogen and oxygen atoms in total. The summed E-state index contributed by atoms with van der Waals surface area (Å²) in [5, 5.41) is 10.9. The fourth-order valence-corrected chi connectivity index (χ4v) is 11.2. The number of hydrogen-bond acceptors (Lipinski definition) is 1. The fraction of sp³-hybridized carbons (Fsp3) is 0.935. The van der Waals surface area contributed by atoms with Crippen LogP contribution in [0, 0.1) is 56.7 Å². The van der Waals surface area contributed by atoms with Gasteiger partial charge in [-0.05, 0) is 127 Å². The average molecular weight is 441 g/mol. The lowest BCUT2D eigenvalue weighted by molar-refractivity contribution is -0.160. The molecule has 0 bridgehead atoms. The Bertz CT molecular complexity index is 779. The summed E-state index contributed by atoms with van der Waals surface area (Å²) in [6.45, 7) is 22.1. The molecule has 5 saturated carbocycles. The Balaban J connectivity index is 1.41. The van der Waals surface area contributed by atoms with Gasteiger partial charge in [-0.2, -0.15) is 0 Å². The molecule has 9 atom stereocenters. The number of aliphatic hydroxyl groups is 1. The standard InChI is InChI=1S/C31H52O/c1-20(2)9-10-21(3)22(4)23-13-15-29(8)25-12-11-24-27(5,6)26(32)14-16-30(24)19-31(25,30)18-17-28(23,29)7/h20,22-26,32H,3,9-19H2,1-2,4-8H3/t22-,23-,24+,25+,26+,28-,29+,30-,31+/m1/s1. The van der Waals surface area contributed by atoms with Crippen LogP contribution in [0.5, 0.6) is 0 Å². The van der Waals surface area contributed by atoms with E-state index in [0.717, 1.165) is 30.1 Å². The van der Waals surface area contributed by atoms with Crippen molar-refractivity contribution in [3.05, 3.63) is 12.2 Å². The van der Waals surface area contributed by atoms with Gasteiger partial charge in [-0.3, -0.25) is 0 Å². The minimum Gasteiger partial charge on any atom is -0.393 e. The first-order chi connectivity index (χ1) is 14.9. The first kappa shape index (κ1) is 23.4. The van der Waals surface area contributed by atoms with Gasteiger partial charge in [0.1, 0.15) is 0 Å². The first-order valence-electron chi connectivity index (χ1n) is 14.2. The van der Waals surface area contributed by atoms with Gasteiger partial charge in [-0.25, -0.2) is 0 Å². The van der Waals surface area contributed by atoms with E-state index in [1.54, 1.807) is 0 Å². The normalized spacial score (nSPS) is 51.9. The maximum atomic E-state index is 10.9. The molecular weight excluding hydrogens is 388 g/mol. The Morgan fingerprint density at radius 1 is 0.844 bits per heavy atom. The Morgan fingerprint density at radius 2 is 1.50 bits per heavy atom. The summed E-state index contributed by atoms with van der Waals surface area (Å²) in [7, 11) is 0. The Morgan fingerprint density at radius 3 is 2.19 bits per heavy atom. The van der Waals surface area contributed by atoms with Crippen LogP contribution in [-0.4, -0.2) is 11.2 Å². The molecular formula is C31H52O. The van der Waals surface area contributed by atoms with E-state index in [-0.39, 0.29) is 11.5 Å². The van der Waals surface area contributed by atoms with E-state index in [0.29, 0.717) is 27.6 Å². The molecule has 0 radical (unpaired) electrons. The summed E-state index contributed by atoms with van der Waals surface area (Å²) >= 11 is 0. The highest BCUT2D eigenvalue weighted by Crippen LogP contribution is 2.89. The van der Waals surface area contributed by atoms with E-state index in [9.17, 15) is 5.11 Å². The molecule has 0 aliphatic heterocycles. The smallest absolute Gasteiger partial charge is 0.0594 e. The predicted octanol–water partition coefficient (Wildman–Crippen LogP) is 8.41. The van der Waals surface area contributed by atoms with E-state index in [2.05, 4.69) is 55.0 Å². The number of allylic oxidation sites excluding steroid dienone is 1. The molecule has 0 unspecified atom stereocenters. The van der Waals surface area contributed by atoms with Crippen LogP contribution in [0.15, 0.2) is 12.2 Å². The second-order valence-electron chi connectivity index (χ2n) is 14.9. The minimum absolute atomic E-state index is 0.0923. The van der Waals surface area contributed by atoms with Crippen molar-refractivity contribution in [3.8, 4) is 0 Å². The van der Waals surface area contributed by atoms with E-state index in [4.69, 9.17) is 0 Å². The molecule has 5 aliphatic carbocycles. The predicted molar refractivity (Wildman–Crippen MR) is 135 cm³/mol. The van der Waals surface area contributed by atoms with Gasteiger partial charge in [0.2, 0.25) is 0 Å². The van der Waals surface area contributed by atoms with Gasteiger partial charge < -0.3 is 5.11 Å². The van der Waals surface area contributed by atoms with Crippen LogP contribution in [0.4, 0.5) is 0 Å². The summed E-state index contributed by atoms with van der Waals surface area (Å²) in [5.74, 6) is 3.92. The second-order valence-corrected chi connectivity index (χ2v) is 14.9. The zero-order chi connectivity index (χ0) is 23.3. The molecule has 0 heterocycles. The molecule has 5 fully saturated rings. The molecule has 5 aliphatic rings. The maximum absolute atomic E-state index is 10.9. The van der Waals surface area contributed by atoms with Crippen LogP contribution in [0.25, 0.3) is 0 Å². The minimum atomic E-state index is -0.0923. The van der Waals surface area contributed by atoms with Crippen molar-refractivity contribution in [2.24, 2.45) is 56.7 Å². The summed E-state index contributed by atoms with van der Waals surface area (Å²) < 4.78 is 0. The maximum Gasteiger partial charge on any atom is 0.0594 e. The quantitative estimate of drug-likeness (QED) is 0.425. The van der Waals surface area contributed by atoms with Gasteiger partial charge in [-0.1, -0.05) is 60.6 Å². The van der Waals surface area contributed by atoms with Crippen LogP contribution < -0.4 is 0 Å². The highest BCUT2D eigenvalue weighted by molar-refractivity contribution is 5.31. The third-order valence-electron chi connectivity index (χ3n) is 13.4. The van der Waals surface area contributed by atoms with E-state index < -0.39 is 0 Å². The first-order valence-corrected chi connectivity index (χ1v) is 14.2. The Kier molecular flexibility index (Phi) is 5.21. The van der Waals surface area contributed by atoms with Crippen molar-refractivity contribution in [1.29, 1.82) is 0 Å². The monoisotopic (exact) mass is 440 g/mol. The lowest BCUT2D eigenvalue weighted by Gasteiger charge is -2.63. The van der Waals surface area contributed by atoms with Crippen LogP contribution in [0.1, 0.15) is 119 Å². The van der Waals surface area contributed by atoms with Crippen LogP contribution in [-0.2, 0) is 0 Å². The highest BCUT2D eigenvalue weighted by Gasteiger charge is 2.82. The second kappa shape index (κ2) is 7.11. The van der Waals surface area contributed by atoms with Crippen LogP contribution in [0.2, 0.25) is 0 Å². The zero-order valence-corrected chi connectivity index (χ0v) is 22.4. The molecule has 32 heavy (non-hydrogen) atoms. The molecule has 5 rings (SSSR count). The summed E-state index contributed by atoms with van der Waals surface area (Å²) in [4.78, 5) is 0. The molecule has 0 aromatic rings. The van der Waals surface area contributed by atoms with E-state index in [1.165, 1.54) is 69.8 Å². The van der Waals surface area contributed by atoms with Crippen molar-refractivity contribution >= 4 is 0 Å². The molecule has 0 amide bonds. The van der Waals surface area contributed by atoms with E-state index >= 15 is 0 Å². The summed E-state index contributed by atoms with van der Waals surface area (Å²) in [5.41, 5.74) is 3.78. The Labute approximate surface area is 199 Å². The summed E-state index contributed by atoms with van der Waals surface area (Å²) in [6.07, 6.45) is 14.8. The zero-order valence-electron chi connectivity index (χ0n) is 22.4. The van der Waals surface area contributed by atoms with Crippen molar-refractivity contribution in [3.63, 3.8) is 0 Å². The van der Waals surface area contributed by atoms with Crippen molar-refractivity contribution in [2.45, 2.75) is 125 Å². The lowest BCUT2D eigenvalue weighted by atomic mass is 9.41. The molecule has 0 aromatic heterocycles. The van der Waals surface area contributed by atoms with Crippen molar-refractivity contribution in [2.75, 3.05) is 0 Å². The van der Waals surface area contributed by atoms with Gasteiger partial charge >= 0.3 is 0 Å². The molecule has 1 N–H and O–H groups in total. The topological polar surface area (TPSA) is 20.2 Å². The molecule has 1 heteroatoms. The van der Waals surface area contributed by atoms with Crippen molar-refractivity contribution in [1.82, 2.24) is 0 Å². The van der Waals surface area contributed by atoms with Gasteiger partial charge in [-0.15, -0.1) is 0 Å². The third kappa shape index (κ3) is 2.73. The number of aliphatic hydroxyl groups excluding tert-OH is 1. The summed E-state index contributed by atoms with van der Waals surface area (Å²) in [6, 6.07) is 0. The number of fused-ring (bicyclic) bond motifs is 2.